The van der Waals surface area contributed by atoms with Gasteiger partial charge in [0.25, 0.3) is 0 Å². The van der Waals surface area contributed by atoms with Crippen LogP contribution in [0.5, 0.6) is 11.5 Å². The van der Waals surface area contributed by atoms with Crippen molar-refractivity contribution in [3.8, 4) is 11.5 Å². The number of ether oxygens (including phenoxy) is 3. The van der Waals surface area contributed by atoms with Gasteiger partial charge in [-0.05, 0) is 31.5 Å². The van der Waals surface area contributed by atoms with E-state index in [0.717, 1.165) is 35.8 Å². The highest BCUT2D eigenvalue weighted by Gasteiger charge is 2.22. The third kappa shape index (κ3) is 7.19. The first-order chi connectivity index (χ1) is 18.9. The number of nitrogens with one attached hydrogen (secondary N) is 1. The zero-order valence-corrected chi connectivity index (χ0v) is 24.1. The lowest BCUT2D eigenvalue weighted by molar-refractivity contribution is 0.122. The van der Waals surface area contributed by atoms with Crippen molar-refractivity contribution >= 4 is 27.3 Å². The number of benzene rings is 2. The van der Waals surface area contributed by atoms with Gasteiger partial charge in [-0.25, -0.2) is 23.1 Å². The highest BCUT2D eigenvalue weighted by atomic mass is 35.5. The molecule has 0 atom stereocenters. The number of morpholine rings is 1. The van der Waals surface area contributed by atoms with Gasteiger partial charge in [0, 0.05) is 50.3 Å². The van der Waals surface area contributed by atoms with Crippen LogP contribution in [0.2, 0.25) is 5.02 Å². The van der Waals surface area contributed by atoms with Gasteiger partial charge >= 0.3 is 0 Å². The van der Waals surface area contributed by atoms with E-state index in [4.69, 9.17) is 30.8 Å². The van der Waals surface area contributed by atoms with Crippen LogP contribution in [0.25, 0.3) is 0 Å². The monoisotopic (exact) mass is 574 g/mol. The number of nitrogens with zero attached hydrogens (tertiary/aromatic N) is 3. The molecule has 4 rings (SSSR count). The lowest BCUT2D eigenvalue weighted by atomic mass is 10.1. The SMILES string of the molecule is CCNS(=O)(=O)c1ccccc1Cc1nc(Cc2cc(OCC)c(N3CCOCC3)cc2OCC)ncc1Cl. The minimum absolute atomic E-state index is 0.210. The fourth-order valence-electron chi connectivity index (χ4n) is 4.53. The maximum atomic E-state index is 12.7. The molecule has 3 aromatic rings. The largest absolute Gasteiger partial charge is 0.493 e. The molecule has 1 saturated heterocycles. The van der Waals surface area contributed by atoms with Gasteiger partial charge in [-0.15, -0.1) is 0 Å². The molecule has 0 bridgehead atoms. The third-order valence-electron chi connectivity index (χ3n) is 6.26. The van der Waals surface area contributed by atoms with Gasteiger partial charge in [-0.3, -0.25) is 0 Å². The molecule has 0 radical (unpaired) electrons. The van der Waals surface area contributed by atoms with E-state index in [-0.39, 0.29) is 11.3 Å². The molecule has 0 spiro atoms. The Labute approximate surface area is 235 Å². The number of anilines is 1. The summed E-state index contributed by atoms with van der Waals surface area (Å²) in [6.45, 7) is 9.87. The van der Waals surface area contributed by atoms with Gasteiger partial charge in [0.2, 0.25) is 10.0 Å². The van der Waals surface area contributed by atoms with Crippen LogP contribution in [0.1, 0.15) is 43.4 Å². The molecule has 0 aliphatic carbocycles. The maximum absolute atomic E-state index is 12.7. The first-order valence-corrected chi connectivity index (χ1v) is 15.0. The number of rotatable bonds is 12. The van der Waals surface area contributed by atoms with Crippen molar-refractivity contribution < 1.29 is 22.6 Å². The molecule has 0 unspecified atom stereocenters. The average molecular weight is 575 g/mol. The van der Waals surface area contributed by atoms with Crippen LogP contribution in [-0.4, -0.2) is 64.4 Å². The number of hydrogen-bond acceptors (Lipinski definition) is 8. The molecule has 1 fully saturated rings. The average Bonchev–Trinajstić information content (AvgIpc) is 2.93. The lowest BCUT2D eigenvalue weighted by Gasteiger charge is -2.31. The molecule has 1 aliphatic rings. The second kappa shape index (κ2) is 13.4. The zero-order chi connectivity index (χ0) is 27.8. The summed E-state index contributed by atoms with van der Waals surface area (Å²) < 4.78 is 45.6. The highest BCUT2D eigenvalue weighted by Crippen LogP contribution is 2.37. The Morgan fingerprint density at radius 1 is 1.00 bits per heavy atom. The molecule has 39 heavy (non-hydrogen) atoms. The molecule has 0 saturated carbocycles. The van der Waals surface area contributed by atoms with Gasteiger partial charge in [0.1, 0.15) is 17.3 Å². The standard InChI is InChI=1S/C28H35ClN4O5S/c1-4-31-39(34,35)27-10-8-7-9-20(27)15-23-22(29)19-30-28(32-23)17-21-16-26(38-6-3)24(18-25(21)37-5-2)33-11-13-36-14-12-33/h7-10,16,18-19,31H,4-6,11-15,17H2,1-3H3. The minimum atomic E-state index is -3.65. The fraction of sp³-hybridized carbons (Fsp3) is 0.429. The summed E-state index contributed by atoms with van der Waals surface area (Å²) in [5.41, 5.74) is 3.02. The Hall–Kier alpha value is -2.92. The summed E-state index contributed by atoms with van der Waals surface area (Å²) in [5.74, 6) is 2.06. The zero-order valence-electron chi connectivity index (χ0n) is 22.6. The Morgan fingerprint density at radius 2 is 1.72 bits per heavy atom. The van der Waals surface area contributed by atoms with Crippen LogP contribution in [-0.2, 0) is 27.6 Å². The maximum Gasteiger partial charge on any atom is 0.240 e. The van der Waals surface area contributed by atoms with Crippen molar-refractivity contribution in [3.63, 3.8) is 0 Å². The van der Waals surface area contributed by atoms with E-state index in [1.165, 1.54) is 0 Å². The summed E-state index contributed by atoms with van der Waals surface area (Å²) in [5, 5.41) is 0.372. The molecular weight excluding hydrogens is 540 g/mol. The van der Waals surface area contributed by atoms with Crippen molar-refractivity contribution in [2.45, 2.75) is 38.5 Å². The first-order valence-electron chi connectivity index (χ1n) is 13.2. The number of halogens is 1. The number of sulfonamides is 1. The molecule has 1 aromatic heterocycles. The van der Waals surface area contributed by atoms with Crippen LogP contribution in [0.3, 0.4) is 0 Å². The summed E-state index contributed by atoms with van der Waals surface area (Å²) in [6.07, 6.45) is 2.19. The van der Waals surface area contributed by atoms with Crippen LogP contribution in [0.4, 0.5) is 5.69 Å². The Morgan fingerprint density at radius 3 is 2.44 bits per heavy atom. The van der Waals surface area contributed by atoms with Gasteiger partial charge < -0.3 is 19.1 Å². The summed E-state index contributed by atoms with van der Waals surface area (Å²) >= 11 is 6.48. The molecular formula is C28H35ClN4O5S. The smallest absolute Gasteiger partial charge is 0.240 e. The van der Waals surface area contributed by atoms with Gasteiger partial charge in [0.15, 0.2) is 0 Å². The van der Waals surface area contributed by atoms with Crippen molar-refractivity contribution in [1.29, 1.82) is 0 Å². The van der Waals surface area contributed by atoms with E-state index in [1.807, 2.05) is 26.0 Å². The number of hydrogen-bond donors (Lipinski definition) is 1. The van der Waals surface area contributed by atoms with E-state index in [1.54, 1.807) is 37.4 Å². The van der Waals surface area contributed by atoms with E-state index in [9.17, 15) is 8.42 Å². The van der Waals surface area contributed by atoms with E-state index in [0.29, 0.717) is 61.5 Å². The van der Waals surface area contributed by atoms with Gasteiger partial charge in [-0.2, -0.15) is 0 Å². The van der Waals surface area contributed by atoms with Crippen molar-refractivity contribution in [3.05, 3.63) is 70.3 Å². The van der Waals surface area contributed by atoms with Crippen molar-refractivity contribution in [2.75, 3.05) is 51.0 Å². The first kappa shape index (κ1) is 29.1. The van der Waals surface area contributed by atoms with E-state index in [2.05, 4.69) is 14.6 Å². The molecule has 210 valence electrons. The predicted molar refractivity (Wildman–Crippen MR) is 152 cm³/mol. The summed E-state index contributed by atoms with van der Waals surface area (Å²) in [4.78, 5) is 11.7. The Kier molecular flexibility index (Phi) is 10.0. The van der Waals surface area contributed by atoms with Gasteiger partial charge in [0.05, 0.1) is 47.7 Å². The molecule has 9 nitrogen and oxygen atoms in total. The Bertz CT molecular complexity index is 1380. The fourth-order valence-corrected chi connectivity index (χ4v) is 5.96. The third-order valence-corrected chi connectivity index (χ3v) is 8.22. The molecule has 2 heterocycles. The van der Waals surface area contributed by atoms with Crippen LogP contribution in [0, 0.1) is 0 Å². The minimum Gasteiger partial charge on any atom is -0.493 e. The second-order valence-electron chi connectivity index (χ2n) is 8.94. The molecule has 11 heteroatoms. The quantitative estimate of drug-likeness (QED) is 0.343. The van der Waals surface area contributed by atoms with Crippen molar-refractivity contribution in [1.82, 2.24) is 14.7 Å². The summed E-state index contributed by atoms with van der Waals surface area (Å²) in [6, 6.07) is 10.9. The second-order valence-corrected chi connectivity index (χ2v) is 11.1. The van der Waals surface area contributed by atoms with Crippen LogP contribution in [0.15, 0.2) is 47.5 Å². The molecule has 0 amide bonds. The highest BCUT2D eigenvalue weighted by molar-refractivity contribution is 7.89. The van der Waals surface area contributed by atoms with E-state index >= 15 is 0 Å². The van der Waals surface area contributed by atoms with Crippen LogP contribution < -0.4 is 19.1 Å². The molecule has 2 aromatic carbocycles. The number of aromatic nitrogens is 2. The predicted octanol–water partition coefficient (Wildman–Crippen LogP) is 4.24. The normalized spacial score (nSPS) is 13.9. The van der Waals surface area contributed by atoms with E-state index < -0.39 is 10.0 Å². The van der Waals surface area contributed by atoms with Crippen LogP contribution >= 0.6 is 11.6 Å². The molecule has 1 aliphatic heterocycles. The van der Waals surface area contributed by atoms with Gasteiger partial charge in [-0.1, -0.05) is 36.7 Å². The molecule has 1 N–H and O–H groups in total. The van der Waals surface area contributed by atoms with Crippen molar-refractivity contribution in [2.24, 2.45) is 0 Å². The topological polar surface area (TPSA) is 103 Å². The Balaban J connectivity index is 1.67. The summed E-state index contributed by atoms with van der Waals surface area (Å²) in [7, 11) is -3.65. The lowest BCUT2D eigenvalue weighted by Crippen LogP contribution is -2.36.